The molecular formula is C17H21N3O. The van der Waals surface area contributed by atoms with E-state index in [1.807, 2.05) is 19.9 Å². The third-order valence-electron chi connectivity index (χ3n) is 4.14. The maximum Gasteiger partial charge on any atom is 0.184 e. The molecule has 1 heterocycles. The summed E-state index contributed by atoms with van der Waals surface area (Å²) in [7, 11) is 0. The first kappa shape index (κ1) is 14.0. The lowest BCUT2D eigenvalue weighted by Crippen LogP contribution is -2.14. The molecule has 0 fully saturated rings. The number of carbonyl (C=O) groups excluding carboxylic acids is 1. The molecule has 0 saturated heterocycles. The quantitative estimate of drug-likeness (QED) is 0.793. The fourth-order valence-electron chi connectivity index (χ4n) is 2.94. The molecule has 0 N–H and O–H groups in total. The van der Waals surface area contributed by atoms with E-state index in [9.17, 15) is 4.79 Å². The molecule has 110 valence electrons. The minimum Gasteiger partial charge on any atom is -0.292 e. The van der Waals surface area contributed by atoms with E-state index in [-0.39, 0.29) is 12.3 Å². The maximum atomic E-state index is 12.5. The van der Waals surface area contributed by atoms with E-state index in [0.717, 1.165) is 42.9 Å². The first-order valence-corrected chi connectivity index (χ1v) is 7.78. The average molecular weight is 283 g/mol. The fourth-order valence-corrected chi connectivity index (χ4v) is 2.94. The third-order valence-corrected chi connectivity index (χ3v) is 4.14. The molecular weight excluding hydrogens is 262 g/mol. The maximum absolute atomic E-state index is 12.5. The van der Waals surface area contributed by atoms with Gasteiger partial charge in [0.2, 0.25) is 0 Å². The van der Waals surface area contributed by atoms with E-state index in [0.29, 0.717) is 0 Å². The predicted octanol–water partition coefficient (Wildman–Crippen LogP) is 2.77. The molecule has 1 aromatic heterocycles. The Kier molecular flexibility index (Phi) is 3.86. The van der Waals surface area contributed by atoms with E-state index in [1.54, 1.807) is 4.68 Å². The number of hydrogen-bond donors (Lipinski definition) is 0. The molecule has 0 unspecified atom stereocenters. The molecule has 4 nitrogen and oxygen atoms in total. The Morgan fingerprint density at radius 3 is 2.76 bits per heavy atom. The summed E-state index contributed by atoms with van der Waals surface area (Å²) >= 11 is 0. The van der Waals surface area contributed by atoms with Gasteiger partial charge in [-0.15, -0.1) is 0 Å². The van der Waals surface area contributed by atoms with Crippen molar-refractivity contribution in [2.45, 2.75) is 52.5 Å². The van der Waals surface area contributed by atoms with Gasteiger partial charge in [-0.05, 0) is 36.5 Å². The first-order valence-electron chi connectivity index (χ1n) is 7.78. The molecule has 1 aliphatic carbocycles. The summed E-state index contributed by atoms with van der Waals surface area (Å²) in [4.78, 5) is 16.9. The number of ketones is 1. The Bertz CT molecular complexity index is 673. The number of rotatable bonds is 5. The average Bonchev–Trinajstić information content (AvgIpc) is 3.12. The summed E-state index contributed by atoms with van der Waals surface area (Å²) in [6, 6.07) is 6.12. The van der Waals surface area contributed by atoms with Crippen molar-refractivity contribution in [1.82, 2.24) is 14.8 Å². The zero-order valence-electron chi connectivity index (χ0n) is 12.7. The summed E-state index contributed by atoms with van der Waals surface area (Å²) in [5, 5.41) is 4.42. The topological polar surface area (TPSA) is 47.8 Å². The Labute approximate surface area is 125 Å². The van der Waals surface area contributed by atoms with Crippen molar-refractivity contribution in [3.63, 3.8) is 0 Å². The highest BCUT2D eigenvalue weighted by Crippen LogP contribution is 2.23. The predicted molar refractivity (Wildman–Crippen MR) is 81.6 cm³/mol. The van der Waals surface area contributed by atoms with Crippen LogP contribution < -0.4 is 0 Å². The zero-order valence-corrected chi connectivity index (χ0v) is 12.7. The SMILES string of the molecule is CCc1nc(CC)n(CC(=O)c2ccc3c(c2)CCC3)n1. The highest BCUT2D eigenvalue weighted by Gasteiger charge is 2.16. The van der Waals surface area contributed by atoms with Crippen molar-refractivity contribution < 1.29 is 4.79 Å². The Morgan fingerprint density at radius 1 is 1.19 bits per heavy atom. The number of aryl methyl sites for hydroxylation is 4. The summed E-state index contributed by atoms with van der Waals surface area (Å²) in [5.74, 6) is 1.82. The van der Waals surface area contributed by atoms with Crippen LogP contribution in [0.5, 0.6) is 0 Å². The van der Waals surface area contributed by atoms with Crippen molar-refractivity contribution in [2.75, 3.05) is 0 Å². The summed E-state index contributed by atoms with van der Waals surface area (Å²) < 4.78 is 1.76. The van der Waals surface area contributed by atoms with Crippen molar-refractivity contribution in [3.8, 4) is 0 Å². The van der Waals surface area contributed by atoms with Crippen LogP contribution in [0.15, 0.2) is 18.2 Å². The van der Waals surface area contributed by atoms with E-state index >= 15 is 0 Å². The molecule has 0 radical (unpaired) electrons. The molecule has 4 heteroatoms. The van der Waals surface area contributed by atoms with E-state index in [4.69, 9.17) is 0 Å². The fraction of sp³-hybridized carbons (Fsp3) is 0.471. The lowest BCUT2D eigenvalue weighted by Gasteiger charge is -2.06. The van der Waals surface area contributed by atoms with Gasteiger partial charge in [0.15, 0.2) is 11.6 Å². The molecule has 2 aromatic rings. The van der Waals surface area contributed by atoms with Gasteiger partial charge in [-0.25, -0.2) is 9.67 Å². The molecule has 0 bridgehead atoms. The van der Waals surface area contributed by atoms with Crippen molar-refractivity contribution in [2.24, 2.45) is 0 Å². The number of carbonyl (C=O) groups is 1. The number of Topliss-reactive ketones (excluding diaryl/α,β-unsaturated/α-hetero) is 1. The van der Waals surface area contributed by atoms with Crippen molar-refractivity contribution >= 4 is 5.78 Å². The standard InChI is InChI=1S/C17H21N3O/c1-3-16-18-17(4-2)20(19-16)11-15(21)14-9-8-12-6-5-7-13(12)10-14/h8-10H,3-7,11H2,1-2H3. The minimum absolute atomic E-state index is 0.118. The van der Waals surface area contributed by atoms with Crippen LogP contribution in [-0.2, 0) is 32.2 Å². The molecule has 3 rings (SSSR count). The molecule has 0 atom stereocenters. The van der Waals surface area contributed by atoms with Gasteiger partial charge in [-0.2, -0.15) is 5.10 Å². The van der Waals surface area contributed by atoms with Gasteiger partial charge in [-0.3, -0.25) is 4.79 Å². The second-order valence-electron chi connectivity index (χ2n) is 5.57. The largest absolute Gasteiger partial charge is 0.292 e. The van der Waals surface area contributed by atoms with E-state index < -0.39 is 0 Å². The van der Waals surface area contributed by atoms with Gasteiger partial charge in [0.25, 0.3) is 0 Å². The second-order valence-corrected chi connectivity index (χ2v) is 5.57. The lowest BCUT2D eigenvalue weighted by molar-refractivity contribution is 0.0966. The van der Waals surface area contributed by atoms with Gasteiger partial charge in [0, 0.05) is 18.4 Å². The highest BCUT2D eigenvalue weighted by atomic mass is 16.1. The summed E-state index contributed by atoms with van der Waals surface area (Å²) in [6.07, 6.45) is 5.04. The number of hydrogen-bond acceptors (Lipinski definition) is 3. The van der Waals surface area contributed by atoms with Crippen LogP contribution in [0, 0.1) is 0 Å². The van der Waals surface area contributed by atoms with Crippen LogP contribution >= 0.6 is 0 Å². The zero-order chi connectivity index (χ0) is 14.8. The molecule has 1 aromatic carbocycles. The summed E-state index contributed by atoms with van der Waals surface area (Å²) in [6.45, 7) is 4.36. The Balaban J connectivity index is 1.81. The van der Waals surface area contributed by atoms with Crippen LogP contribution in [0.25, 0.3) is 0 Å². The van der Waals surface area contributed by atoms with E-state index in [1.165, 1.54) is 17.5 Å². The van der Waals surface area contributed by atoms with Crippen LogP contribution in [-0.4, -0.2) is 20.5 Å². The first-order chi connectivity index (χ1) is 10.2. The third kappa shape index (κ3) is 2.75. The molecule has 1 aliphatic rings. The lowest BCUT2D eigenvalue weighted by atomic mass is 10.0. The van der Waals surface area contributed by atoms with Crippen molar-refractivity contribution in [3.05, 3.63) is 46.5 Å². The smallest absolute Gasteiger partial charge is 0.184 e. The normalized spacial score (nSPS) is 13.4. The number of aromatic nitrogens is 3. The van der Waals surface area contributed by atoms with Gasteiger partial charge in [-0.1, -0.05) is 26.0 Å². The number of benzene rings is 1. The van der Waals surface area contributed by atoms with E-state index in [2.05, 4.69) is 22.2 Å². The molecule has 0 amide bonds. The monoisotopic (exact) mass is 283 g/mol. The Morgan fingerprint density at radius 2 is 2.00 bits per heavy atom. The highest BCUT2D eigenvalue weighted by molar-refractivity contribution is 5.96. The van der Waals surface area contributed by atoms with Gasteiger partial charge < -0.3 is 0 Å². The summed E-state index contributed by atoms with van der Waals surface area (Å²) in [5.41, 5.74) is 3.53. The molecule has 0 spiro atoms. The van der Waals surface area contributed by atoms with Crippen LogP contribution in [0.1, 0.15) is 53.4 Å². The van der Waals surface area contributed by atoms with Crippen LogP contribution in [0.4, 0.5) is 0 Å². The van der Waals surface area contributed by atoms with Gasteiger partial charge in [0.1, 0.15) is 12.4 Å². The molecule has 21 heavy (non-hydrogen) atoms. The van der Waals surface area contributed by atoms with Crippen LogP contribution in [0.2, 0.25) is 0 Å². The van der Waals surface area contributed by atoms with Crippen LogP contribution in [0.3, 0.4) is 0 Å². The van der Waals surface area contributed by atoms with Gasteiger partial charge >= 0.3 is 0 Å². The van der Waals surface area contributed by atoms with Gasteiger partial charge in [0.05, 0.1) is 0 Å². The number of fused-ring (bicyclic) bond motifs is 1. The molecule has 0 aliphatic heterocycles. The molecule has 0 saturated carbocycles. The second kappa shape index (κ2) is 5.80. The number of nitrogens with zero attached hydrogens (tertiary/aromatic N) is 3. The Hall–Kier alpha value is -1.97. The minimum atomic E-state index is 0.118. The van der Waals surface area contributed by atoms with Crippen molar-refractivity contribution in [1.29, 1.82) is 0 Å².